The maximum Gasteiger partial charge on any atom is 0.338 e. The van der Waals surface area contributed by atoms with E-state index >= 15 is 0 Å². The van der Waals surface area contributed by atoms with E-state index in [0.717, 1.165) is 5.56 Å². The van der Waals surface area contributed by atoms with Gasteiger partial charge in [-0.2, -0.15) is 0 Å². The standard InChI is InChI=1S/C24H26Cl2N2O5/c1-13(2)11-33-23(29)21-14(3)27-24(30)28-22(21)15-6-8-19(20(9-15)31-4)32-12-16-5-7-17(25)10-18(16)26/h5-10,13,22H,11-12H2,1-4H3,(H2,27,28,30). The Bertz CT molecular complexity index is 1080. The van der Waals surface area contributed by atoms with Crippen LogP contribution in [-0.4, -0.2) is 25.7 Å². The molecule has 2 amide bonds. The highest BCUT2D eigenvalue weighted by Crippen LogP contribution is 2.35. The van der Waals surface area contributed by atoms with Gasteiger partial charge < -0.3 is 24.8 Å². The van der Waals surface area contributed by atoms with Gasteiger partial charge in [0.1, 0.15) is 6.61 Å². The molecule has 33 heavy (non-hydrogen) atoms. The summed E-state index contributed by atoms with van der Waals surface area (Å²) in [4.78, 5) is 24.9. The van der Waals surface area contributed by atoms with Crippen molar-refractivity contribution in [2.24, 2.45) is 5.92 Å². The van der Waals surface area contributed by atoms with E-state index in [1.54, 1.807) is 43.3 Å². The van der Waals surface area contributed by atoms with Gasteiger partial charge in [0.05, 0.1) is 25.3 Å². The van der Waals surface area contributed by atoms with Gasteiger partial charge >= 0.3 is 12.0 Å². The van der Waals surface area contributed by atoms with Crippen LogP contribution in [0.3, 0.4) is 0 Å². The lowest BCUT2D eigenvalue weighted by molar-refractivity contribution is -0.140. The Balaban J connectivity index is 1.86. The summed E-state index contributed by atoms with van der Waals surface area (Å²) in [5, 5.41) is 6.47. The first-order valence-corrected chi connectivity index (χ1v) is 11.1. The van der Waals surface area contributed by atoms with E-state index in [2.05, 4.69) is 10.6 Å². The van der Waals surface area contributed by atoms with Crippen LogP contribution in [0, 0.1) is 5.92 Å². The third-order valence-electron chi connectivity index (χ3n) is 4.96. The molecule has 2 N–H and O–H groups in total. The first-order chi connectivity index (χ1) is 15.7. The maximum absolute atomic E-state index is 12.8. The SMILES string of the molecule is COc1cc(C2NC(=O)NC(C)=C2C(=O)OCC(C)C)ccc1OCc1ccc(Cl)cc1Cl. The predicted molar refractivity (Wildman–Crippen MR) is 127 cm³/mol. The molecule has 0 spiro atoms. The molecule has 9 heteroatoms. The first kappa shape index (κ1) is 24.7. The van der Waals surface area contributed by atoms with Crippen molar-refractivity contribution in [1.29, 1.82) is 0 Å². The van der Waals surface area contributed by atoms with Crippen LogP contribution >= 0.6 is 23.2 Å². The van der Waals surface area contributed by atoms with Crippen molar-refractivity contribution in [3.63, 3.8) is 0 Å². The number of hydrogen-bond acceptors (Lipinski definition) is 5. The highest BCUT2D eigenvalue weighted by Gasteiger charge is 2.33. The number of allylic oxidation sites excluding steroid dienone is 1. The third-order valence-corrected chi connectivity index (χ3v) is 5.54. The van der Waals surface area contributed by atoms with Crippen molar-refractivity contribution < 1.29 is 23.8 Å². The highest BCUT2D eigenvalue weighted by molar-refractivity contribution is 6.35. The van der Waals surface area contributed by atoms with Crippen molar-refractivity contribution >= 4 is 35.2 Å². The Kier molecular flexibility index (Phi) is 8.10. The third kappa shape index (κ3) is 6.12. The summed E-state index contributed by atoms with van der Waals surface area (Å²) in [5.41, 5.74) is 2.19. The molecular formula is C24H26Cl2N2O5. The van der Waals surface area contributed by atoms with Gasteiger partial charge in [-0.25, -0.2) is 9.59 Å². The minimum Gasteiger partial charge on any atom is -0.493 e. The Morgan fingerprint density at radius 1 is 1.12 bits per heavy atom. The lowest BCUT2D eigenvalue weighted by Gasteiger charge is -2.28. The number of esters is 1. The summed E-state index contributed by atoms with van der Waals surface area (Å²) in [6.07, 6.45) is 0. The van der Waals surface area contributed by atoms with Gasteiger partial charge in [-0.05, 0) is 42.7 Å². The molecule has 0 bridgehead atoms. The number of halogens is 2. The Hall–Kier alpha value is -2.90. The van der Waals surface area contributed by atoms with E-state index in [0.29, 0.717) is 38.4 Å². The number of hydrogen-bond donors (Lipinski definition) is 2. The van der Waals surface area contributed by atoms with Crippen LogP contribution in [0.25, 0.3) is 0 Å². The number of ether oxygens (including phenoxy) is 3. The second kappa shape index (κ2) is 10.8. The summed E-state index contributed by atoms with van der Waals surface area (Å²) in [7, 11) is 1.52. The van der Waals surface area contributed by atoms with Crippen molar-refractivity contribution in [1.82, 2.24) is 10.6 Å². The molecular weight excluding hydrogens is 467 g/mol. The summed E-state index contributed by atoms with van der Waals surface area (Å²) in [6, 6.07) is 9.27. The molecule has 2 aromatic rings. The van der Waals surface area contributed by atoms with Gasteiger partial charge in [-0.1, -0.05) is 49.2 Å². The molecule has 176 valence electrons. The number of methoxy groups -OCH3 is 1. The molecule has 2 aromatic carbocycles. The fraction of sp³-hybridized carbons (Fsp3) is 0.333. The molecule has 1 unspecified atom stereocenters. The fourth-order valence-electron chi connectivity index (χ4n) is 3.31. The molecule has 1 aliphatic rings. The summed E-state index contributed by atoms with van der Waals surface area (Å²) in [5.74, 6) is 0.621. The first-order valence-electron chi connectivity index (χ1n) is 10.4. The van der Waals surface area contributed by atoms with Gasteiger partial charge in [-0.15, -0.1) is 0 Å². The van der Waals surface area contributed by atoms with E-state index in [1.165, 1.54) is 7.11 Å². The van der Waals surface area contributed by atoms with E-state index < -0.39 is 18.0 Å². The van der Waals surface area contributed by atoms with Crippen molar-refractivity contribution in [2.45, 2.75) is 33.4 Å². The van der Waals surface area contributed by atoms with E-state index in [1.807, 2.05) is 13.8 Å². The fourth-order valence-corrected chi connectivity index (χ4v) is 3.77. The van der Waals surface area contributed by atoms with Gasteiger partial charge in [0.25, 0.3) is 0 Å². The average Bonchev–Trinajstić information content (AvgIpc) is 2.76. The summed E-state index contributed by atoms with van der Waals surface area (Å²) >= 11 is 12.2. The highest BCUT2D eigenvalue weighted by atomic mass is 35.5. The Labute approximate surface area is 203 Å². The van der Waals surface area contributed by atoms with Crippen LogP contribution in [0.4, 0.5) is 4.79 Å². The molecule has 3 rings (SSSR count). The number of carbonyl (C=O) groups is 2. The van der Waals surface area contributed by atoms with Crippen LogP contribution in [0.15, 0.2) is 47.7 Å². The molecule has 1 aliphatic heterocycles. The lowest BCUT2D eigenvalue weighted by atomic mass is 9.95. The number of rotatable bonds is 8. The Morgan fingerprint density at radius 3 is 2.55 bits per heavy atom. The minimum absolute atomic E-state index is 0.185. The normalized spacial score (nSPS) is 15.7. The molecule has 0 aliphatic carbocycles. The second-order valence-corrected chi connectivity index (χ2v) is 8.84. The zero-order valence-electron chi connectivity index (χ0n) is 18.8. The van der Waals surface area contributed by atoms with Gasteiger partial charge in [0.2, 0.25) is 0 Å². The summed E-state index contributed by atoms with van der Waals surface area (Å²) < 4.78 is 16.8. The molecule has 0 aromatic heterocycles. The van der Waals surface area contributed by atoms with Gasteiger partial charge in [0, 0.05) is 21.3 Å². The molecule has 0 saturated heterocycles. The molecule has 0 fully saturated rings. The maximum atomic E-state index is 12.8. The molecule has 7 nitrogen and oxygen atoms in total. The number of urea groups is 1. The van der Waals surface area contributed by atoms with E-state index in [9.17, 15) is 9.59 Å². The smallest absolute Gasteiger partial charge is 0.338 e. The van der Waals surface area contributed by atoms with Crippen molar-refractivity contribution in [2.75, 3.05) is 13.7 Å². The monoisotopic (exact) mass is 492 g/mol. The van der Waals surface area contributed by atoms with Crippen molar-refractivity contribution in [3.8, 4) is 11.5 Å². The minimum atomic E-state index is -0.702. The molecule has 0 saturated carbocycles. The zero-order chi connectivity index (χ0) is 24.1. The quantitative estimate of drug-likeness (QED) is 0.481. The number of amides is 2. The van der Waals surface area contributed by atoms with Crippen LogP contribution < -0.4 is 20.1 Å². The number of nitrogens with one attached hydrogen (secondary N) is 2. The molecule has 1 atom stereocenters. The topological polar surface area (TPSA) is 85.9 Å². The number of carbonyl (C=O) groups excluding carboxylic acids is 2. The lowest BCUT2D eigenvalue weighted by Crippen LogP contribution is -2.45. The number of benzene rings is 2. The zero-order valence-corrected chi connectivity index (χ0v) is 20.3. The summed E-state index contributed by atoms with van der Waals surface area (Å²) in [6.45, 7) is 6.06. The van der Waals surface area contributed by atoms with Gasteiger partial charge in [0.15, 0.2) is 11.5 Å². The van der Waals surface area contributed by atoms with E-state index in [-0.39, 0.29) is 19.1 Å². The largest absolute Gasteiger partial charge is 0.493 e. The van der Waals surface area contributed by atoms with E-state index in [4.69, 9.17) is 37.4 Å². The van der Waals surface area contributed by atoms with Gasteiger partial charge in [-0.3, -0.25) is 0 Å². The predicted octanol–water partition coefficient (Wildman–Crippen LogP) is 5.41. The van der Waals surface area contributed by atoms with Crippen LogP contribution in [0.2, 0.25) is 10.0 Å². The van der Waals surface area contributed by atoms with Crippen LogP contribution in [0.1, 0.15) is 37.9 Å². The Morgan fingerprint density at radius 2 is 1.88 bits per heavy atom. The second-order valence-electron chi connectivity index (χ2n) is 8.00. The van der Waals surface area contributed by atoms with Crippen molar-refractivity contribution in [3.05, 3.63) is 68.8 Å². The average molecular weight is 493 g/mol. The molecule has 1 heterocycles. The molecule has 0 radical (unpaired) electrons. The van der Waals surface area contributed by atoms with Crippen LogP contribution in [-0.2, 0) is 16.1 Å². The van der Waals surface area contributed by atoms with Crippen LogP contribution in [0.5, 0.6) is 11.5 Å².